The molecule has 2 aromatic rings. The Hall–Kier alpha value is -2.28. The number of hydrogen-bond donors (Lipinski definition) is 2. The van der Waals surface area contributed by atoms with Gasteiger partial charge in [-0.2, -0.15) is 10.2 Å². The lowest BCUT2D eigenvalue weighted by atomic mass is 10.3. The fraction of sp³-hybridized carbons (Fsp3) is 0.200. The van der Waals surface area contributed by atoms with E-state index in [0.717, 1.165) is 5.56 Å². The molecule has 2 rings (SSSR count). The van der Waals surface area contributed by atoms with Crippen LogP contribution in [-0.2, 0) is 6.54 Å². The molecule has 3 N–H and O–H groups in total. The molecule has 0 radical (unpaired) electrons. The molecule has 1 amide bonds. The molecular weight excluding hydrogens is 220 g/mol. The Morgan fingerprint density at radius 2 is 2.35 bits per heavy atom. The first-order valence-electron chi connectivity index (χ1n) is 5.05. The van der Waals surface area contributed by atoms with Gasteiger partial charge in [-0.25, -0.2) is 4.68 Å². The molecule has 2 heterocycles. The Kier molecular flexibility index (Phi) is 3.10. The van der Waals surface area contributed by atoms with Crippen LogP contribution in [-0.4, -0.2) is 32.9 Å². The third-order valence-corrected chi connectivity index (χ3v) is 2.27. The average molecular weight is 232 g/mol. The summed E-state index contributed by atoms with van der Waals surface area (Å²) in [6.45, 7) is 0.333. The predicted molar refractivity (Wildman–Crippen MR) is 60.4 cm³/mol. The zero-order chi connectivity index (χ0) is 12.3. The van der Waals surface area contributed by atoms with Crippen molar-refractivity contribution in [3.8, 4) is 5.82 Å². The number of amides is 1. The quantitative estimate of drug-likeness (QED) is 0.742. The molecule has 0 atom stereocenters. The standard InChI is InChI=1S/C10H12N6O/c1-12-10(17)8-3-5-16(15-8)9-7(6-11)2-4-13-14-9/h2-5H,6,11H2,1H3,(H,12,17). The lowest BCUT2D eigenvalue weighted by molar-refractivity contribution is 0.0957. The molecule has 0 aliphatic carbocycles. The largest absolute Gasteiger partial charge is 0.354 e. The van der Waals surface area contributed by atoms with Crippen molar-refractivity contribution in [2.75, 3.05) is 7.05 Å². The second-order valence-electron chi connectivity index (χ2n) is 3.31. The van der Waals surface area contributed by atoms with Crippen LogP contribution in [0, 0.1) is 0 Å². The Bertz CT molecular complexity index is 535. The first-order chi connectivity index (χ1) is 8.26. The van der Waals surface area contributed by atoms with E-state index in [9.17, 15) is 4.79 Å². The van der Waals surface area contributed by atoms with Crippen molar-refractivity contribution >= 4 is 5.91 Å². The number of carbonyl (C=O) groups is 1. The molecule has 0 aliphatic rings. The van der Waals surface area contributed by atoms with Gasteiger partial charge in [0.2, 0.25) is 0 Å². The summed E-state index contributed by atoms with van der Waals surface area (Å²) < 4.78 is 1.49. The number of hydrogen-bond acceptors (Lipinski definition) is 5. The average Bonchev–Trinajstić information content (AvgIpc) is 2.87. The van der Waals surface area contributed by atoms with Gasteiger partial charge in [0, 0.05) is 25.4 Å². The lowest BCUT2D eigenvalue weighted by Crippen LogP contribution is -2.19. The maximum Gasteiger partial charge on any atom is 0.271 e. The summed E-state index contributed by atoms with van der Waals surface area (Å²) >= 11 is 0. The van der Waals surface area contributed by atoms with Crippen molar-refractivity contribution < 1.29 is 4.79 Å². The summed E-state index contributed by atoms with van der Waals surface area (Å²) in [5.41, 5.74) is 6.72. The van der Waals surface area contributed by atoms with E-state index in [2.05, 4.69) is 20.6 Å². The first kappa shape index (κ1) is 11.2. The van der Waals surface area contributed by atoms with Gasteiger partial charge in [0.05, 0.1) is 6.20 Å². The van der Waals surface area contributed by atoms with Crippen molar-refractivity contribution in [3.05, 3.63) is 35.8 Å². The molecule has 0 saturated carbocycles. The van der Waals surface area contributed by atoms with E-state index in [-0.39, 0.29) is 5.91 Å². The first-order valence-corrected chi connectivity index (χ1v) is 5.05. The fourth-order valence-electron chi connectivity index (χ4n) is 1.39. The van der Waals surface area contributed by atoms with E-state index in [1.54, 1.807) is 31.6 Å². The molecule has 0 aromatic carbocycles. The summed E-state index contributed by atoms with van der Waals surface area (Å²) in [7, 11) is 1.55. The SMILES string of the molecule is CNC(=O)c1ccn(-c2nnccc2CN)n1. The summed E-state index contributed by atoms with van der Waals surface area (Å²) in [6.07, 6.45) is 3.21. The van der Waals surface area contributed by atoms with Gasteiger partial charge in [0.25, 0.3) is 5.91 Å². The molecule has 0 unspecified atom stereocenters. The van der Waals surface area contributed by atoms with Gasteiger partial charge >= 0.3 is 0 Å². The highest BCUT2D eigenvalue weighted by Crippen LogP contribution is 2.09. The molecule has 2 aromatic heterocycles. The number of rotatable bonds is 3. The second kappa shape index (κ2) is 4.71. The minimum Gasteiger partial charge on any atom is -0.354 e. The van der Waals surface area contributed by atoms with Crippen LogP contribution in [0.4, 0.5) is 0 Å². The van der Waals surface area contributed by atoms with E-state index >= 15 is 0 Å². The van der Waals surface area contributed by atoms with Crippen LogP contribution in [0.15, 0.2) is 24.5 Å². The number of nitrogens with two attached hydrogens (primary N) is 1. The Morgan fingerprint density at radius 1 is 1.53 bits per heavy atom. The molecule has 88 valence electrons. The zero-order valence-corrected chi connectivity index (χ0v) is 9.29. The highest BCUT2D eigenvalue weighted by Gasteiger charge is 2.11. The van der Waals surface area contributed by atoms with Gasteiger partial charge in [0.1, 0.15) is 0 Å². The molecule has 0 aliphatic heterocycles. The third-order valence-electron chi connectivity index (χ3n) is 2.27. The van der Waals surface area contributed by atoms with Crippen molar-refractivity contribution in [2.24, 2.45) is 5.73 Å². The molecule has 0 bridgehead atoms. The molecule has 7 heteroatoms. The van der Waals surface area contributed by atoms with Gasteiger partial charge in [0.15, 0.2) is 11.5 Å². The van der Waals surface area contributed by atoms with Crippen molar-refractivity contribution in [2.45, 2.75) is 6.54 Å². The van der Waals surface area contributed by atoms with Crippen LogP contribution in [0.1, 0.15) is 16.1 Å². The van der Waals surface area contributed by atoms with Crippen LogP contribution in [0.5, 0.6) is 0 Å². The maximum atomic E-state index is 11.4. The topological polar surface area (TPSA) is 98.7 Å². The molecule has 0 fully saturated rings. The lowest BCUT2D eigenvalue weighted by Gasteiger charge is -2.04. The minimum atomic E-state index is -0.248. The molecule has 0 saturated heterocycles. The van der Waals surface area contributed by atoms with Crippen molar-refractivity contribution in [3.63, 3.8) is 0 Å². The minimum absolute atomic E-state index is 0.248. The predicted octanol–water partition coefficient (Wildman–Crippen LogP) is -0.519. The monoisotopic (exact) mass is 232 g/mol. The smallest absolute Gasteiger partial charge is 0.271 e. The fourth-order valence-corrected chi connectivity index (χ4v) is 1.39. The number of nitrogens with one attached hydrogen (secondary N) is 1. The van der Waals surface area contributed by atoms with Crippen LogP contribution >= 0.6 is 0 Å². The Labute approximate surface area is 97.6 Å². The van der Waals surface area contributed by atoms with Gasteiger partial charge < -0.3 is 11.1 Å². The van der Waals surface area contributed by atoms with E-state index in [4.69, 9.17) is 5.73 Å². The van der Waals surface area contributed by atoms with Crippen LogP contribution in [0.3, 0.4) is 0 Å². The molecular formula is C10H12N6O. The van der Waals surface area contributed by atoms with Gasteiger partial charge in [-0.1, -0.05) is 0 Å². The molecule has 0 spiro atoms. The Balaban J connectivity index is 2.40. The summed E-state index contributed by atoms with van der Waals surface area (Å²) in [6, 6.07) is 3.37. The van der Waals surface area contributed by atoms with Crippen LogP contribution < -0.4 is 11.1 Å². The second-order valence-corrected chi connectivity index (χ2v) is 3.31. The van der Waals surface area contributed by atoms with Gasteiger partial charge in [-0.15, -0.1) is 5.10 Å². The Morgan fingerprint density at radius 3 is 3.06 bits per heavy atom. The summed E-state index contributed by atoms with van der Waals surface area (Å²) in [5, 5.41) is 14.3. The third kappa shape index (κ3) is 2.13. The van der Waals surface area contributed by atoms with Crippen LogP contribution in [0.25, 0.3) is 5.82 Å². The number of carbonyl (C=O) groups excluding carboxylic acids is 1. The highest BCUT2D eigenvalue weighted by atomic mass is 16.1. The van der Waals surface area contributed by atoms with Crippen molar-refractivity contribution in [1.29, 1.82) is 0 Å². The van der Waals surface area contributed by atoms with Crippen LogP contribution in [0.2, 0.25) is 0 Å². The molecule has 17 heavy (non-hydrogen) atoms. The summed E-state index contributed by atoms with van der Waals surface area (Å²) in [5.74, 6) is 0.284. The van der Waals surface area contributed by atoms with E-state index < -0.39 is 0 Å². The van der Waals surface area contributed by atoms with Gasteiger partial charge in [-0.3, -0.25) is 4.79 Å². The van der Waals surface area contributed by atoms with E-state index in [0.29, 0.717) is 18.1 Å². The van der Waals surface area contributed by atoms with Gasteiger partial charge in [-0.05, 0) is 12.1 Å². The van der Waals surface area contributed by atoms with E-state index in [1.807, 2.05) is 0 Å². The number of aromatic nitrogens is 4. The number of nitrogens with zero attached hydrogens (tertiary/aromatic N) is 4. The van der Waals surface area contributed by atoms with E-state index in [1.165, 1.54) is 4.68 Å². The molecule has 7 nitrogen and oxygen atoms in total. The maximum absolute atomic E-state index is 11.4. The van der Waals surface area contributed by atoms with Crippen molar-refractivity contribution in [1.82, 2.24) is 25.3 Å². The zero-order valence-electron chi connectivity index (χ0n) is 9.29. The summed E-state index contributed by atoms with van der Waals surface area (Å²) in [4.78, 5) is 11.4. The highest BCUT2D eigenvalue weighted by molar-refractivity contribution is 5.91. The normalized spacial score (nSPS) is 10.2.